The standard InChI is InChI=1S/C27H22O6/c1-18(2)27(30)33-24-10-5-20(6-11-24)4-7-22-14-19(3)25(15-26(22)32-17-29)21-8-12-23(13-9-21)31-16-28/h4-17H,1H2,2-3H3/b7-4+. The lowest BCUT2D eigenvalue weighted by molar-refractivity contribution is -0.130. The number of aryl methyl sites for hydroxylation is 1. The maximum absolute atomic E-state index is 11.6. The van der Waals surface area contributed by atoms with E-state index >= 15 is 0 Å². The first kappa shape index (κ1) is 23.2. The SMILES string of the molecule is C=C(C)C(=O)Oc1ccc(/C=C/c2cc(C)c(-c3ccc(OC=O)cc3)cc2OC=O)cc1. The third-order valence-corrected chi connectivity index (χ3v) is 4.78. The molecule has 0 aliphatic carbocycles. The van der Waals surface area contributed by atoms with Gasteiger partial charge in [0.2, 0.25) is 0 Å². The molecular weight excluding hydrogens is 420 g/mol. The molecule has 0 fully saturated rings. The summed E-state index contributed by atoms with van der Waals surface area (Å²) in [5.74, 6) is 0.795. The lowest BCUT2D eigenvalue weighted by Gasteiger charge is -2.12. The van der Waals surface area contributed by atoms with Gasteiger partial charge in [-0.2, -0.15) is 0 Å². The summed E-state index contributed by atoms with van der Waals surface area (Å²) in [6.07, 6.45) is 3.70. The fourth-order valence-electron chi connectivity index (χ4n) is 3.10. The molecule has 3 aromatic rings. The van der Waals surface area contributed by atoms with Crippen molar-refractivity contribution in [3.63, 3.8) is 0 Å². The summed E-state index contributed by atoms with van der Waals surface area (Å²) in [6.45, 7) is 7.86. The van der Waals surface area contributed by atoms with E-state index < -0.39 is 5.97 Å². The molecule has 0 aromatic heterocycles. The molecule has 0 aliphatic rings. The Labute approximate surface area is 191 Å². The average Bonchev–Trinajstić information content (AvgIpc) is 2.81. The van der Waals surface area contributed by atoms with Crippen molar-refractivity contribution in [2.75, 3.05) is 0 Å². The van der Waals surface area contributed by atoms with E-state index in [0.717, 1.165) is 27.8 Å². The Kier molecular flexibility index (Phi) is 7.55. The topological polar surface area (TPSA) is 78.9 Å². The Morgan fingerprint density at radius 3 is 2.09 bits per heavy atom. The van der Waals surface area contributed by atoms with Crippen molar-refractivity contribution in [1.82, 2.24) is 0 Å². The van der Waals surface area contributed by atoms with Crippen LogP contribution in [-0.2, 0) is 14.4 Å². The van der Waals surface area contributed by atoms with Gasteiger partial charge in [-0.15, -0.1) is 0 Å². The van der Waals surface area contributed by atoms with Gasteiger partial charge in [0.25, 0.3) is 12.9 Å². The van der Waals surface area contributed by atoms with Crippen LogP contribution in [0.25, 0.3) is 23.3 Å². The maximum atomic E-state index is 11.6. The molecule has 0 aliphatic heterocycles. The quantitative estimate of drug-likeness (QED) is 0.145. The minimum atomic E-state index is -0.476. The highest BCUT2D eigenvalue weighted by Crippen LogP contribution is 2.33. The van der Waals surface area contributed by atoms with E-state index in [1.165, 1.54) is 0 Å². The van der Waals surface area contributed by atoms with Crippen molar-refractivity contribution < 1.29 is 28.6 Å². The van der Waals surface area contributed by atoms with Crippen molar-refractivity contribution in [2.24, 2.45) is 0 Å². The van der Waals surface area contributed by atoms with Gasteiger partial charge >= 0.3 is 5.97 Å². The van der Waals surface area contributed by atoms with Crippen LogP contribution in [0.5, 0.6) is 17.2 Å². The Morgan fingerprint density at radius 2 is 1.48 bits per heavy atom. The van der Waals surface area contributed by atoms with Crippen LogP contribution < -0.4 is 14.2 Å². The highest BCUT2D eigenvalue weighted by molar-refractivity contribution is 5.88. The maximum Gasteiger partial charge on any atom is 0.338 e. The summed E-state index contributed by atoms with van der Waals surface area (Å²) < 4.78 is 15.2. The first-order chi connectivity index (χ1) is 15.9. The van der Waals surface area contributed by atoms with Gasteiger partial charge in [-0.3, -0.25) is 9.59 Å². The fourth-order valence-corrected chi connectivity index (χ4v) is 3.10. The van der Waals surface area contributed by atoms with Gasteiger partial charge in [0, 0.05) is 11.1 Å². The Bertz CT molecular complexity index is 1200. The molecule has 166 valence electrons. The first-order valence-electron chi connectivity index (χ1n) is 10.0. The van der Waals surface area contributed by atoms with E-state index in [4.69, 9.17) is 14.2 Å². The van der Waals surface area contributed by atoms with Crippen LogP contribution in [-0.4, -0.2) is 18.9 Å². The van der Waals surface area contributed by atoms with E-state index in [1.807, 2.05) is 49.4 Å². The molecule has 0 N–H and O–H groups in total. The Balaban J connectivity index is 1.85. The molecule has 0 heterocycles. The van der Waals surface area contributed by atoms with Crippen LogP contribution in [0.15, 0.2) is 72.8 Å². The largest absolute Gasteiger partial charge is 0.429 e. The summed E-state index contributed by atoms with van der Waals surface area (Å²) in [6, 6.07) is 17.7. The summed E-state index contributed by atoms with van der Waals surface area (Å²) in [5.41, 5.74) is 4.66. The molecule has 0 radical (unpaired) electrons. The molecule has 0 bridgehead atoms. The van der Waals surface area contributed by atoms with Gasteiger partial charge in [0.05, 0.1) is 0 Å². The lowest BCUT2D eigenvalue weighted by atomic mass is 9.97. The van der Waals surface area contributed by atoms with Crippen molar-refractivity contribution in [3.8, 4) is 28.4 Å². The fraction of sp³-hybridized carbons (Fsp3) is 0.0741. The van der Waals surface area contributed by atoms with Gasteiger partial charge in [0.15, 0.2) is 0 Å². The number of ether oxygens (including phenoxy) is 3. The predicted molar refractivity (Wildman–Crippen MR) is 126 cm³/mol. The van der Waals surface area contributed by atoms with E-state index in [2.05, 4.69) is 6.58 Å². The lowest BCUT2D eigenvalue weighted by Crippen LogP contribution is -2.07. The second-order valence-electron chi connectivity index (χ2n) is 7.23. The zero-order chi connectivity index (χ0) is 23.8. The second-order valence-corrected chi connectivity index (χ2v) is 7.23. The zero-order valence-corrected chi connectivity index (χ0v) is 18.2. The molecule has 0 saturated heterocycles. The summed E-state index contributed by atoms with van der Waals surface area (Å²) in [7, 11) is 0. The van der Waals surface area contributed by atoms with Crippen LogP contribution in [0.2, 0.25) is 0 Å². The molecule has 6 heteroatoms. The minimum Gasteiger partial charge on any atom is -0.429 e. The van der Waals surface area contributed by atoms with Crippen LogP contribution >= 0.6 is 0 Å². The van der Waals surface area contributed by atoms with Crippen molar-refractivity contribution >= 4 is 31.1 Å². The average molecular weight is 442 g/mol. The third kappa shape index (κ3) is 6.04. The molecule has 0 unspecified atom stereocenters. The smallest absolute Gasteiger partial charge is 0.338 e. The van der Waals surface area contributed by atoms with E-state index in [9.17, 15) is 14.4 Å². The molecule has 6 nitrogen and oxygen atoms in total. The molecule has 3 rings (SSSR count). The monoisotopic (exact) mass is 442 g/mol. The normalized spacial score (nSPS) is 10.5. The first-order valence-corrected chi connectivity index (χ1v) is 10.0. The predicted octanol–water partition coefficient (Wildman–Crippen LogP) is 5.38. The molecule has 33 heavy (non-hydrogen) atoms. The number of benzene rings is 3. The van der Waals surface area contributed by atoms with Gasteiger partial charge in [-0.1, -0.05) is 43.0 Å². The molecule has 0 saturated carbocycles. The van der Waals surface area contributed by atoms with E-state index in [0.29, 0.717) is 35.8 Å². The highest BCUT2D eigenvalue weighted by Gasteiger charge is 2.10. The summed E-state index contributed by atoms with van der Waals surface area (Å²) >= 11 is 0. The van der Waals surface area contributed by atoms with Gasteiger partial charge in [0.1, 0.15) is 17.2 Å². The number of carbonyl (C=O) groups is 3. The Hall–Kier alpha value is -4.45. The molecular formula is C27H22O6. The number of hydrogen-bond acceptors (Lipinski definition) is 6. The van der Waals surface area contributed by atoms with Gasteiger partial charge < -0.3 is 14.2 Å². The van der Waals surface area contributed by atoms with E-state index in [-0.39, 0.29) is 0 Å². The number of rotatable bonds is 9. The molecule has 0 atom stereocenters. The number of hydrogen-bond donors (Lipinski definition) is 0. The number of carbonyl (C=O) groups excluding carboxylic acids is 3. The molecule has 0 amide bonds. The van der Waals surface area contributed by atoms with Crippen LogP contribution in [0, 0.1) is 6.92 Å². The summed E-state index contributed by atoms with van der Waals surface area (Å²) in [4.78, 5) is 33.2. The van der Waals surface area contributed by atoms with Crippen LogP contribution in [0.4, 0.5) is 0 Å². The summed E-state index contributed by atoms with van der Waals surface area (Å²) in [5, 5.41) is 0. The number of esters is 1. The van der Waals surface area contributed by atoms with Gasteiger partial charge in [-0.05, 0) is 72.5 Å². The second kappa shape index (κ2) is 10.7. The van der Waals surface area contributed by atoms with Crippen molar-refractivity contribution in [2.45, 2.75) is 13.8 Å². The Morgan fingerprint density at radius 1 is 0.848 bits per heavy atom. The van der Waals surface area contributed by atoms with Crippen LogP contribution in [0.1, 0.15) is 23.6 Å². The van der Waals surface area contributed by atoms with Crippen LogP contribution in [0.3, 0.4) is 0 Å². The van der Waals surface area contributed by atoms with E-state index in [1.54, 1.807) is 37.3 Å². The zero-order valence-electron chi connectivity index (χ0n) is 18.2. The minimum absolute atomic E-state index is 0.325. The highest BCUT2D eigenvalue weighted by atomic mass is 16.5. The van der Waals surface area contributed by atoms with Crippen molar-refractivity contribution in [1.29, 1.82) is 0 Å². The third-order valence-electron chi connectivity index (χ3n) is 4.78. The molecule has 0 spiro atoms. The van der Waals surface area contributed by atoms with Gasteiger partial charge in [-0.25, -0.2) is 4.79 Å². The molecule has 3 aromatic carbocycles. The van der Waals surface area contributed by atoms with Crippen molar-refractivity contribution in [3.05, 3.63) is 89.5 Å².